The van der Waals surface area contributed by atoms with Crippen molar-refractivity contribution in [1.82, 2.24) is 0 Å². The van der Waals surface area contributed by atoms with E-state index in [2.05, 4.69) is 0 Å². The second-order valence-corrected chi connectivity index (χ2v) is 5.46. The van der Waals surface area contributed by atoms with Crippen molar-refractivity contribution in [2.45, 2.75) is 26.4 Å². The molecule has 2 rings (SSSR count). The number of carbonyl (C=O) groups excluding carboxylic acids is 1. The molecule has 2 aromatic rings. The molecule has 0 fully saturated rings. The maximum absolute atomic E-state index is 11.9. The quantitative estimate of drug-likeness (QED) is 0.414. The number of halogens is 1. The lowest BCUT2D eigenvalue weighted by Gasteiger charge is -2.08. The number of carbonyl (C=O) groups is 1. The molecule has 0 saturated carbocycles. The van der Waals surface area contributed by atoms with E-state index in [4.69, 9.17) is 16.3 Å². The molecule has 0 N–H and O–H groups in total. The largest absolute Gasteiger partial charge is 0.482 e. The predicted molar refractivity (Wildman–Crippen MR) is 88.1 cm³/mol. The van der Waals surface area contributed by atoms with E-state index in [1.54, 1.807) is 30.3 Å². The standard InChI is InChI=1S/C17H16ClNO4/c1-2-3-16(20)13-6-9-17(15(10-13)19(21)22)23-11-12-4-7-14(18)8-5-12/h4-10H,2-3,11H2,1H3. The summed E-state index contributed by atoms with van der Waals surface area (Å²) in [6, 6.07) is 11.3. The Labute approximate surface area is 139 Å². The number of nitrogens with zero attached hydrogens (tertiary/aromatic N) is 1. The fourth-order valence-electron chi connectivity index (χ4n) is 2.07. The molecular weight excluding hydrogens is 318 g/mol. The lowest BCUT2D eigenvalue weighted by molar-refractivity contribution is -0.386. The lowest BCUT2D eigenvalue weighted by atomic mass is 10.1. The number of nitro benzene ring substituents is 1. The zero-order valence-electron chi connectivity index (χ0n) is 12.6. The molecule has 0 heterocycles. The topological polar surface area (TPSA) is 69.4 Å². The van der Waals surface area contributed by atoms with E-state index >= 15 is 0 Å². The molecule has 0 aliphatic carbocycles. The molecular formula is C17H16ClNO4. The summed E-state index contributed by atoms with van der Waals surface area (Å²) in [4.78, 5) is 22.5. The van der Waals surface area contributed by atoms with Crippen LogP contribution >= 0.6 is 11.6 Å². The smallest absolute Gasteiger partial charge is 0.311 e. The summed E-state index contributed by atoms with van der Waals surface area (Å²) in [5.74, 6) is 0.0258. The van der Waals surface area contributed by atoms with Gasteiger partial charge in [-0.2, -0.15) is 0 Å². The van der Waals surface area contributed by atoms with E-state index in [-0.39, 0.29) is 23.8 Å². The van der Waals surface area contributed by atoms with Crippen molar-refractivity contribution in [2.75, 3.05) is 0 Å². The Morgan fingerprint density at radius 2 is 1.91 bits per heavy atom. The van der Waals surface area contributed by atoms with Crippen molar-refractivity contribution in [3.05, 3.63) is 68.7 Å². The second kappa shape index (κ2) is 7.74. The first-order valence-corrected chi connectivity index (χ1v) is 7.58. The van der Waals surface area contributed by atoms with Crippen LogP contribution in [0.15, 0.2) is 42.5 Å². The monoisotopic (exact) mass is 333 g/mol. The van der Waals surface area contributed by atoms with Crippen LogP contribution in [0.3, 0.4) is 0 Å². The first kappa shape index (κ1) is 17.0. The Hall–Kier alpha value is -2.40. The molecule has 2 aromatic carbocycles. The summed E-state index contributed by atoms with van der Waals surface area (Å²) in [6.07, 6.45) is 1.06. The molecule has 0 atom stereocenters. The Morgan fingerprint density at radius 3 is 2.52 bits per heavy atom. The minimum absolute atomic E-state index is 0.111. The molecule has 5 nitrogen and oxygen atoms in total. The van der Waals surface area contributed by atoms with Crippen molar-refractivity contribution in [3.8, 4) is 5.75 Å². The average molecular weight is 334 g/mol. The number of rotatable bonds is 7. The Bertz CT molecular complexity index is 713. The van der Waals surface area contributed by atoms with Gasteiger partial charge in [0.15, 0.2) is 11.5 Å². The van der Waals surface area contributed by atoms with Crippen LogP contribution in [-0.4, -0.2) is 10.7 Å². The van der Waals surface area contributed by atoms with Gasteiger partial charge < -0.3 is 4.74 Å². The molecule has 0 radical (unpaired) electrons. The van der Waals surface area contributed by atoms with Crippen LogP contribution < -0.4 is 4.74 Å². The van der Waals surface area contributed by atoms with Crippen molar-refractivity contribution in [2.24, 2.45) is 0 Å². The van der Waals surface area contributed by atoms with Gasteiger partial charge in [-0.3, -0.25) is 14.9 Å². The van der Waals surface area contributed by atoms with E-state index in [9.17, 15) is 14.9 Å². The number of nitro groups is 1. The van der Waals surface area contributed by atoms with Gasteiger partial charge in [0.2, 0.25) is 0 Å². The third kappa shape index (κ3) is 4.53. The summed E-state index contributed by atoms with van der Waals surface area (Å²) >= 11 is 5.81. The normalized spacial score (nSPS) is 10.3. The van der Waals surface area contributed by atoms with Crippen LogP contribution in [0.2, 0.25) is 5.02 Å². The van der Waals surface area contributed by atoms with Gasteiger partial charge in [0.05, 0.1) is 4.92 Å². The van der Waals surface area contributed by atoms with Crippen LogP contribution in [0.4, 0.5) is 5.69 Å². The number of ketones is 1. The van der Waals surface area contributed by atoms with Gasteiger partial charge in [0.25, 0.3) is 0 Å². The van der Waals surface area contributed by atoms with Gasteiger partial charge in [0.1, 0.15) is 6.61 Å². The fraction of sp³-hybridized carbons (Fsp3) is 0.235. The third-order valence-corrected chi connectivity index (χ3v) is 3.51. The van der Waals surface area contributed by atoms with Gasteiger partial charge in [0, 0.05) is 23.1 Å². The molecule has 120 valence electrons. The minimum Gasteiger partial charge on any atom is -0.482 e. The second-order valence-electron chi connectivity index (χ2n) is 5.03. The molecule has 0 aliphatic rings. The molecule has 0 unspecified atom stereocenters. The summed E-state index contributed by atoms with van der Waals surface area (Å²) in [7, 11) is 0. The first-order chi connectivity index (χ1) is 11.0. The van der Waals surface area contributed by atoms with E-state index in [1.807, 2.05) is 6.92 Å². The molecule has 6 heteroatoms. The maximum atomic E-state index is 11.9. The highest BCUT2D eigenvalue weighted by molar-refractivity contribution is 6.30. The zero-order chi connectivity index (χ0) is 16.8. The summed E-state index contributed by atoms with van der Waals surface area (Å²) in [5.41, 5.74) is 0.966. The van der Waals surface area contributed by atoms with Gasteiger partial charge >= 0.3 is 5.69 Å². The number of Topliss-reactive ketones (excluding diaryl/α,β-unsaturated/α-hetero) is 1. The van der Waals surface area contributed by atoms with Crippen LogP contribution in [0.1, 0.15) is 35.7 Å². The SMILES string of the molecule is CCCC(=O)c1ccc(OCc2ccc(Cl)cc2)c([N+](=O)[O-])c1. The molecule has 0 saturated heterocycles. The highest BCUT2D eigenvalue weighted by Gasteiger charge is 2.18. The summed E-state index contributed by atoms with van der Waals surface area (Å²) < 4.78 is 5.52. The Kier molecular flexibility index (Phi) is 5.71. The van der Waals surface area contributed by atoms with Crippen LogP contribution in [-0.2, 0) is 6.61 Å². The lowest BCUT2D eigenvalue weighted by Crippen LogP contribution is -2.03. The van der Waals surface area contributed by atoms with E-state index < -0.39 is 4.92 Å². The first-order valence-electron chi connectivity index (χ1n) is 7.20. The van der Waals surface area contributed by atoms with Gasteiger partial charge in [-0.15, -0.1) is 0 Å². The molecule has 0 spiro atoms. The molecule has 0 aliphatic heterocycles. The average Bonchev–Trinajstić information content (AvgIpc) is 2.54. The maximum Gasteiger partial charge on any atom is 0.311 e. The number of hydrogen-bond donors (Lipinski definition) is 0. The van der Waals surface area contributed by atoms with E-state index in [0.29, 0.717) is 23.4 Å². The zero-order valence-corrected chi connectivity index (χ0v) is 13.4. The van der Waals surface area contributed by atoms with Gasteiger partial charge in [-0.25, -0.2) is 0 Å². The van der Waals surface area contributed by atoms with Gasteiger partial charge in [-0.05, 0) is 36.2 Å². The van der Waals surface area contributed by atoms with Crippen LogP contribution in [0.25, 0.3) is 0 Å². The number of ether oxygens (including phenoxy) is 1. The number of hydrogen-bond acceptors (Lipinski definition) is 4. The summed E-state index contributed by atoms with van der Waals surface area (Å²) in [5, 5.41) is 11.8. The van der Waals surface area contributed by atoms with E-state index in [1.165, 1.54) is 12.1 Å². The fourth-order valence-corrected chi connectivity index (χ4v) is 2.19. The van der Waals surface area contributed by atoms with Crippen molar-refractivity contribution in [1.29, 1.82) is 0 Å². The molecule has 0 aromatic heterocycles. The highest BCUT2D eigenvalue weighted by atomic mass is 35.5. The van der Waals surface area contributed by atoms with Crippen LogP contribution in [0, 0.1) is 10.1 Å². The molecule has 0 bridgehead atoms. The number of benzene rings is 2. The molecule has 0 amide bonds. The Morgan fingerprint density at radius 1 is 1.22 bits per heavy atom. The van der Waals surface area contributed by atoms with Crippen molar-refractivity contribution >= 4 is 23.1 Å². The third-order valence-electron chi connectivity index (χ3n) is 3.26. The predicted octanol–water partition coefficient (Wildman–Crippen LogP) is 4.81. The highest BCUT2D eigenvalue weighted by Crippen LogP contribution is 2.29. The van der Waals surface area contributed by atoms with E-state index in [0.717, 1.165) is 5.56 Å². The van der Waals surface area contributed by atoms with Crippen LogP contribution in [0.5, 0.6) is 5.75 Å². The summed E-state index contributed by atoms with van der Waals surface area (Å²) in [6.45, 7) is 2.07. The van der Waals surface area contributed by atoms with Crippen molar-refractivity contribution < 1.29 is 14.5 Å². The van der Waals surface area contributed by atoms with Crippen molar-refractivity contribution in [3.63, 3.8) is 0 Å². The molecule has 23 heavy (non-hydrogen) atoms. The minimum atomic E-state index is -0.542. The Balaban J connectivity index is 2.19. The van der Waals surface area contributed by atoms with Gasteiger partial charge in [-0.1, -0.05) is 30.7 Å².